The minimum atomic E-state index is -0.396. The third-order valence-electron chi connectivity index (χ3n) is 4.12. The maximum Gasteiger partial charge on any atom is 0.220 e. The summed E-state index contributed by atoms with van der Waals surface area (Å²) in [5.74, 6) is 1.52. The molecule has 1 amide bonds. The molecule has 19 heavy (non-hydrogen) atoms. The highest BCUT2D eigenvalue weighted by molar-refractivity contribution is 5.77. The molecule has 0 saturated heterocycles. The second-order valence-electron chi connectivity index (χ2n) is 5.75. The molecule has 2 N–H and O–H groups in total. The molecule has 0 atom stereocenters. The van der Waals surface area contributed by atoms with Crippen molar-refractivity contribution in [2.45, 2.75) is 51.0 Å². The normalized spacial score (nSPS) is 27.2. The minimum absolute atomic E-state index is 0.00000283. The minimum Gasteiger partial charge on any atom is -0.469 e. The van der Waals surface area contributed by atoms with Gasteiger partial charge in [-0.2, -0.15) is 0 Å². The predicted octanol–water partition coefficient (Wildman–Crippen LogP) is 2.27. The molecule has 1 saturated carbocycles. The summed E-state index contributed by atoms with van der Waals surface area (Å²) < 4.78 is 5.21. The Kier molecular flexibility index (Phi) is 4.64. The van der Waals surface area contributed by atoms with Gasteiger partial charge in [0.25, 0.3) is 0 Å². The van der Waals surface area contributed by atoms with E-state index in [1.807, 2.05) is 12.1 Å². The topological polar surface area (TPSA) is 62.5 Å². The van der Waals surface area contributed by atoms with Crippen molar-refractivity contribution >= 4 is 5.91 Å². The fourth-order valence-electron chi connectivity index (χ4n) is 2.69. The molecule has 106 valence electrons. The molecule has 0 bridgehead atoms. The Bertz CT molecular complexity index is 392. The van der Waals surface area contributed by atoms with Crippen molar-refractivity contribution in [3.8, 4) is 0 Å². The van der Waals surface area contributed by atoms with Crippen LogP contribution in [0.25, 0.3) is 0 Å². The van der Waals surface area contributed by atoms with E-state index in [0.717, 1.165) is 31.4 Å². The lowest BCUT2D eigenvalue weighted by atomic mass is 9.77. The summed E-state index contributed by atoms with van der Waals surface area (Å²) in [6, 6.07) is 3.70. The molecule has 4 nitrogen and oxygen atoms in total. The van der Waals surface area contributed by atoms with E-state index in [9.17, 15) is 9.90 Å². The van der Waals surface area contributed by atoms with Crippen LogP contribution in [-0.4, -0.2) is 23.2 Å². The largest absolute Gasteiger partial charge is 0.469 e. The van der Waals surface area contributed by atoms with E-state index in [1.165, 1.54) is 0 Å². The summed E-state index contributed by atoms with van der Waals surface area (Å²) >= 11 is 0. The van der Waals surface area contributed by atoms with Crippen molar-refractivity contribution in [2.24, 2.45) is 5.92 Å². The van der Waals surface area contributed by atoms with E-state index < -0.39 is 5.54 Å². The van der Waals surface area contributed by atoms with Gasteiger partial charge in [0.15, 0.2) is 0 Å². The Hall–Kier alpha value is -1.29. The van der Waals surface area contributed by atoms with Gasteiger partial charge in [0, 0.05) is 12.8 Å². The lowest BCUT2D eigenvalue weighted by Crippen LogP contribution is -2.53. The van der Waals surface area contributed by atoms with Crippen molar-refractivity contribution in [3.05, 3.63) is 24.2 Å². The van der Waals surface area contributed by atoms with Crippen LogP contribution >= 0.6 is 0 Å². The molecule has 0 radical (unpaired) electrons. The van der Waals surface area contributed by atoms with Gasteiger partial charge in [-0.15, -0.1) is 0 Å². The summed E-state index contributed by atoms with van der Waals surface area (Å²) in [7, 11) is 0. The van der Waals surface area contributed by atoms with Crippen LogP contribution in [0.4, 0.5) is 0 Å². The van der Waals surface area contributed by atoms with Crippen molar-refractivity contribution < 1.29 is 14.3 Å². The molecule has 1 aliphatic rings. The van der Waals surface area contributed by atoms with E-state index in [2.05, 4.69) is 12.2 Å². The number of hydrogen-bond donors (Lipinski definition) is 2. The van der Waals surface area contributed by atoms with Gasteiger partial charge in [-0.05, 0) is 43.7 Å². The molecular weight excluding hydrogens is 242 g/mol. The average molecular weight is 265 g/mol. The van der Waals surface area contributed by atoms with Crippen molar-refractivity contribution in [2.75, 3.05) is 6.61 Å². The average Bonchev–Trinajstić information content (AvgIpc) is 2.93. The van der Waals surface area contributed by atoms with Crippen LogP contribution in [0, 0.1) is 5.92 Å². The van der Waals surface area contributed by atoms with Gasteiger partial charge in [0.1, 0.15) is 5.76 Å². The Labute approximate surface area is 114 Å². The second-order valence-corrected chi connectivity index (χ2v) is 5.75. The highest BCUT2D eigenvalue weighted by Gasteiger charge is 2.34. The third-order valence-corrected chi connectivity index (χ3v) is 4.12. The van der Waals surface area contributed by atoms with E-state index in [4.69, 9.17) is 4.42 Å². The third kappa shape index (κ3) is 3.83. The monoisotopic (exact) mass is 265 g/mol. The summed E-state index contributed by atoms with van der Waals surface area (Å²) in [6.45, 7) is 2.26. The molecule has 4 heteroatoms. The number of carbonyl (C=O) groups is 1. The van der Waals surface area contributed by atoms with Crippen LogP contribution in [0.5, 0.6) is 0 Å². The highest BCUT2D eigenvalue weighted by Crippen LogP contribution is 2.31. The zero-order valence-corrected chi connectivity index (χ0v) is 11.5. The van der Waals surface area contributed by atoms with Crippen LogP contribution in [0.1, 0.15) is 44.8 Å². The second kappa shape index (κ2) is 6.24. The van der Waals surface area contributed by atoms with Gasteiger partial charge < -0.3 is 14.8 Å². The van der Waals surface area contributed by atoms with Crippen molar-refractivity contribution in [3.63, 3.8) is 0 Å². The van der Waals surface area contributed by atoms with Gasteiger partial charge in [-0.25, -0.2) is 0 Å². The summed E-state index contributed by atoms with van der Waals surface area (Å²) in [6.07, 6.45) is 6.51. The van der Waals surface area contributed by atoms with Crippen LogP contribution in [-0.2, 0) is 11.2 Å². The molecule has 0 unspecified atom stereocenters. The quantitative estimate of drug-likeness (QED) is 0.858. The summed E-state index contributed by atoms with van der Waals surface area (Å²) in [5, 5.41) is 12.6. The van der Waals surface area contributed by atoms with E-state index >= 15 is 0 Å². The molecule has 0 spiro atoms. The molecule has 1 aromatic rings. The fraction of sp³-hybridized carbons (Fsp3) is 0.667. The summed E-state index contributed by atoms with van der Waals surface area (Å²) in [5.41, 5.74) is -0.396. The number of rotatable bonds is 5. The maximum absolute atomic E-state index is 12.0. The van der Waals surface area contributed by atoms with Gasteiger partial charge in [0.05, 0.1) is 18.4 Å². The molecule has 0 aromatic carbocycles. The first-order valence-electron chi connectivity index (χ1n) is 7.08. The Balaban J connectivity index is 1.82. The molecule has 0 aliphatic heterocycles. The van der Waals surface area contributed by atoms with Crippen molar-refractivity contribution in [1.82, 2.24) is 5.32 Å². The maximum atomic E-state index is 12.0. The molecule has 1 heterocycles. The predicted molar refractivity (Wildman–Crippen MR) is 72.6 cm³/mol. The zero-order valence-electron chi connectivity index (χ0n) is 11.5. The standard InChI is InChI=1S/C15H23NO3/c1-12-6-8-15(11-17,9-7-12)16-14(18)5-4-13-3-2-10-19-13/h2-3,10,12,17H,4-9,11H2,1H3,(H,16,18). The molecule has 1 aromatic heterocycles. The van der Waals surface area contributed by atoms with Crippen LogP contribution < -0.4 is 5.32 Å². The first kappa shape index (κ1) is 14.1. The zero-order chi connectivity index (χ0) is 13.7. The fourth-order valence-corrected chi connectivity index (χ4v) is 2.69. The molecule has 2 rings (SSSR count). The lowest BCUT2D eigenvalue weighted by Gasteiger charge is -2.38. The number of hydrogen-bond acceptors (Lipinski definition) is 3. The van der Waals surface area contributed by atoms with Gasteiger partial charge in [0.2, 0.25) is 5.91 Å². The molecule has 1 aliphatic carbocycles. The Morgan fingerprint density at radius 1 is 1.53 bits per heavy atom. The SMILES string of the molecule is CC1CCC(CO)(NC(=O)CCc2ccco2)CC1. The first-order valence-corrected chi connectivity index (χ1v) is 7.08. The number of nitrogens with one attached hydrogen (secondary N) is 1. The highest BCUT2D eigenvalue weighted by atomic mass is 16.3. The number of aliphatic hydroxyl groups excluding tert-OH is 1. The van der Waals surface area contributed by atoms with E-state index in [0.29, 0.717) is 18.8 Å². The number of aliphatic hydroxyl groups is 1. The van der Waals surface area contributed by atoms with Gasteiger partial charge in [-0.1, -0.05) is 6.92 Å². The molecular formula is C15H23NO3. The summed E-state index contributed by atoms with van der Waals surface area (Å²) in [4.78, 5) is 12.0. The van der Waals surface area contributed by atoms with Crippen LogP contribution in [0.2, 0.25) is 0 Å². The Morgan fingerprint density at radius 2 is 2.26 bits per heavy atom. The smallest absolute Gasteiger partial charge is 0.220 e. The van der Waals surface area contributed by atoms with Crippen molar-refractivity contribution in [1.29, 1.82) is 0 Å². The molecule has 1 fully saturated rings. The first-order chi connectivity index (χ1) is 9.13. The van der Waals surface area contributed by atoms with E-state index in [-0.39, 0.29) is 12.5 Å². The van der Waals surface area contributed by atoms with Gasteiger partial charge >= 0.3 is 0 Å². The van der Waals surface area contributed by atoms with Crippen LogP contribution in [0.15, 0.2) is 22.8 Å². The van der Waals surface area contributed by atoms with Gasteiger partial charge in [-0.3, -0.25) is 4.79 Å². The Morgan fingerprint density at radius 3 is 2.84 bits per heavy atom. The number of aryl methyl sites for hydroxylation is 1. The number of amides is 1. The number of carbonyl (C=O) groups excluding carboxylic acids is 1. The van der Waals surface area contributed by atoms with Crippen LogP contribution in [0.3, 0.4) is 0 Å². The number of furan rings is 1. The van der Waals surface area contributed by atoms with E-state index in [1.54, 1.807) is 6.26 Å². The lowest BCUT2D eigenvalue weighted by molar-refractivity contribution is -0.124.